The molecular formula is C43H27N3. The molecule has 0 N–H and O–H groups in total. The summed E-state index contributed by atoms with van der Waals surface area (Å²) >= 11 is 0. The SMILES string of the molecule is [C-]#[N+]c1ccc2c3ccccc3n(-c3ccc(-c4ccc5c(c4)c4ccccc4n5-c4ccc(-c5ccccc5)cc4)cc3)c2c1. The van der Waals surface area contributed by atoms with Crippen molar-refractivity contribution in [2.24, 2.45) is 0 Å². The lowest BCUT2D eigenvalue weighted by atomic mass is 10.0. The molecule has 0 radical (unpaired) electrons. The quantitative estimate of drug-likeness (QED) is 0.182. The minimum Gasteiger partial charge on any atom is -0.311 e. The Morgan fingerprint density at radius 1 is 0.348 bits per heavy atom. The molecule has 0 atom stereocenters. The van der Waals surface area contributed by atoms with E-state index in [0.29, 0.717) is 5.69 Å². The van der Waals surface area contributed by atoms with Crippen LogP contribution in [0.25, 0.3) is 82.1 Å². The molecular weight excluding hydrogens is 558 g/mol. The van der Waals surface area contributed by atoms with Crippen LogP contribution in [0.3, 0.4) is 0 Å². The number of hydrogen-bond acceptors (Lipinski definition) is 0. The van der Waals surface area contributed by atoms with Crippen LogP contribution in [0.5, 0.6) is 0 Å². The summed E-state index contributed by atoms with van der Waals surface area (Å²) in [6.45, 7) is 7.57. The fourth-order valence-corrected chi connectivity index (χ4v) is 6.97. The molecule has 0 saturated heterocycles. The van der Waals surface area contributed by atoms with E-state index in [1.54, 1.807) is 0 Å². The highest BCUT2D eigenvalue weighted by molar-refractivity contribution is 6.11. The highest BCUT2D eigenvalue weighted by Crippen LogP contribution is 2.37. The fourth-order valence-electron chi connectivity index (χ4n) is 6.97. The number of aromatic nitrogens is 2. The average molecular weight is 586 g/mol. The summed E-state index contributed by atoms with van der Waals surface area (Å²) in [6.07, 6.45) is 0. The number of hydrogen-bond donors (Lipinski definition) is 0. The van der Waals surface area contributed by atoms with Crippen LogP contribution in [0.15, 0.2) is 164 Å². The maximum atomic E-state index is 7.57. The van der Waals surface area contributed by atoms with E-state index in [9.17, 15) is 0 Å². The number of nitrogens with zero attached hydrogens (tertiary/aromatic N) is 3. The molecule has 0 aliphatic heterocycles. The van der Waals surface area contributed by atoms with Crippen molar-refractivity contribution < 1.29 is 0 Å². The van der Waals surface area contributed by atoms with Crippen molar-refractivity contribution in [1.82, 2.24) is 9.13 Å². The van der Waals surface area contributed by atoms with Crippen molar-refractivity contribution in [2.75, 3.05) is 0 Å². The van der Waals surface area contributed by atoms with Gasteiger partial charge in [-0.3, -0.25) is 0 Å². The lowest BCUT2D eigenvalue weighted by Crippen LogP contribution is -1.94. The van der Waals surface area contributed by atoms with Gasteiger partial charge in [-0.05, 0) is 76.9 Å². The van der Waals surface area contributed by atoms with Crippen LogP contribution in [0, 0.1) is 6.57 Å². The van der Waals surface area contributed by atoms with Gasteiger partial charge in [-0.15, -0.1) is 0 Å². The number of fused-ring (bicyclic) bond motifs is 6. The maximum Gasteiger partial charge on any atom is 0.189 e. The van der Waals surface area contributed by atoms with E-state index >= 15 is 0 Å². The van der Waals surface area contributed by atoms with Crippen LogP contribution in [-0.4, -0.2) is 9.13 Å². The molecule has 7 aromatic carbocycles. The Balaban J connectivity index is 1.14. The first-order valence-corrected chi connectivity index (χ1v) is 15.5. The number of benzene rings is 7. The van der Waals surface area contributed by atoms with Crippen LogP contribution >= 0.6 is 0 Å². The van der Waals surface area contributed by atoms with Crippen molar-refractivity contribution in [2.45, 2.75) is 0 Å². The van der Waals surface area contributed by atoms with Crippen LogP contribution in [-0.2, 0) is 0 Å². The summed E-state index contributed by atoms with van der Waals surface area (Å²) in [4.78, 5) is 3.70. The van der Waals surface area contributed by atoms with Gasteiger partial charge in [0, 0.05) is 38.4 Å². The van der Waals surface area contributed by atoms with Gasteiger partial charge in [0.2, 0.25) is 0 Å². The molecule has 214 valence electrons. The van der Waals surface area contributed by atoms with Crippen LogP contribution < -0.4 is 0 Å². The topological polar surface area (TPSA) is 14.2 Å². The Labute approximate surface area is 266 Å². The molecule has 2 aromatic heterocycles. The Kier molecular flexibility index (Phi) is 5.88. The van der Waals surface area contributed by atoms with Crippen LogP contribution in [0.4, 0.5) is 5.69 Å². The molecule has 46 heavy (non-hydrogen) atoms. The predicted octanol–water partition coefficient (Wildman–Crippen LogP) is 11.8. The van der Waals surface area contributed by atoms with Gasteiger partial charge in [0.15, 0.2) is 5.69 Å². The third-order valence-corrected chi connectivity index (χ3v) is 9.15. The minimum absolute atomic E-state index is 0.646. The fraction of sp³-hybridized carbons (Fsp3) is 0. The Bertz CT molecular complexity index is 2610. The summed E-state index contributed by atoms with van der Waals surface area (Å²) in [5.74, 6) is 0. The summed E-state index contributed by atoms with van der Waals surface area (Å²) < 4.78 is 4.63. The second-order valence-electron chi connectivity index (χ2n) is 11.7. The standard InChI is InChI=1S/C43H27N3/c1-44-33-20-25-38-36-11-5-7-13-40(36)46(43(38)28-33)35-23-17-31(18-24-35)32-19-26-42-39(27-32)37-12-6-8-14-41(37)45(42)34-21-15-30(16-22-34)29-9-3-2-4-10-29/h2-28H. The van der Waals surface area contributed by atoms with Gasteiger partial charge in [-0.2, -0.15) is 0 Å². The van der Waals surface area contributed by atoms with Gasteiger partial charge in [-0.25, -0.2) is 4.85 Å². The summed E-state index contributed by atoms with van der Waals surface area (Å²) in [6, 6.07) is 58.1. The molecule has 0 amide bonds. The highest BCUT2D eigenvalue weighted by Gasteiger charge is 2.15. The smallest absolute Gasteiger partial charge is 0.189 e. The third-order valence-electron chi connectivity index (χ3n) is 9.15. The zero-order valence-corrected chi connectivity index (χ0v) is 24.9. The second kappa shape index (κ2) is 10.4. The Hall–Kier alpha value is -6.37. The first-order valence-electron chi connectivity index (χ1n) is 15.5. The van der Waals surface area contributed by atoms with E-state index in [1.165, 1.54) is 43.9 Å². The van der Waals surface area contributed by atoms with Gasteiger partial charge >= 0.3 is 0 Å². The largest absolute Gasteiger partial charge is 0.311 e. The summed E-state index contributed by atoms with van der Waals surface area (Å²) in [5.41, 5.74) is 12.2. The van der Waals surface area contributed by atoms with Gasteiger partial charge in [0.25, 0.3) is 0 Å². The van der Waals surface area contributed by atoms with E-state index in [4.69, 9.17) is 6.57 Å². The zero-order chi connectivity index (χ0) is 30.6. The first kappa shape index (κ1) is 26.1. The molecule has 2 heterocycles. The summed E-state index contributed by atoms with van der Waals surface area (Å²) in [5, 5.41) is 4.82. The molecule has 3 nitrogen and oxygen atoms in total. The molecule has 9 rings (SSSR count). The van der Waals surface area contributed by atoms with E-state index in [-0.39, 0.29) is 0 Å². The van der Waals surface area contributed by atoms with E-state index in [2.05, 4.69) is 166 Å². The highest BCUT2D eigenvalue weighted by atomic mass is 15.0. The van der Waals surface area contributed by atoms with E-state index in [0.717, 1.165) is 33.4 Å². The van der Waals surface area contributed by atoms with E-state index < -0.39 is 0 Å². The van der Waals surface area contributed by atoms with Crippen molar-refractivity contribution in [3.8, 4) is 33.6 Å². The summed E-state index contributed by atoms with van der Waals surface area (Å²) in [7, 11) is 0. The van der Waals surface area contributed by atoms with Crippen LogP contribution in [0.2, 0.25) is 0 Å². The monoisotopic (exact) mass is 585 g/mol. The third kappa shape index (κ3) is 4.05. The second-order valence-corrected chi connectivity index (χ2v) is 11.7. The molecule has 0 fully saturated rings. The minimum atomic E-state index is 0.646. The number of rotatable bonds is 4. The van der Waals surface area contributed by atoms with Gasteiger partial charge in [0.05, 0.1) is 23.1 Å². The zero-order valence-electron chi connectivity index (χ0n) is 24.9. The Morgan fingerprint density at radius 3 is 1.48 bits per heavy atom. The molecule has 3 heteroatoms. The molecule has 0 bridgehead atoms. The molecule has 0 unspecified atom stereocenters. The predicted molar refractivity (Wildman–Crippen MR) is 192 cm³/mol. The molecule has 0 spiro atoms. The molecule has 0 aliphatic carbocycles. The molecule has 0 aliphatic rings. The van der Waals surface area contributed by atoms with Crippen molar-refractivity contribution in [1.29, 1.82) is 0 Å². The molecule has 0 saturated carbocycles. The maximum absolute atomic E-state index is 7.57. The van der Waals surface area contributed by atoms with E-state index in [1.807, 2.05) is 12.1 Å². The number of para-hydroxylation sites is 2. The Morgan fingerprint density at radius 2 is 0.826 bits per heavy atom. The van der Waals surface area contributed by atoms with Crippen molar-refractivity contribution >= 4 is 49.3 Å². The average Bonchev–Trinajstić information content (AvgIpc) is 3.64. The van der Waals surface area contributed by atoms with Crippen molar-refractivity contribution in [3.63, 3.8) is 0 Å². The van der Waals surface area contributed by atoms with Gasteiger partial charge in [-0.1, -0.05) is 109 Å². The van der Waals surface area contributed by atoms with Gasteiger partial charge in [0.1, 0.15) is 0 Å². The first-order chi connectivity index (χ1) is 22.8. The lowest BCUT2D eigenvalue weighted by Gasteiger charge is -2.11. The van der Waals surface area contributed by atoms with Gasteiger partial charge < -0.3 is 9.13 Å². The lowest BCUT2D eigenvalue weighted by molar-refractivity contribution is 1.18. The normalized spacial score (nSPS) is 11.5. The van der Waals surface area contributed by atoms with Crippen LogP contribution in [0.1, 0.15) is 0 Å². The van der Waals surface area contributed by atoms with Crippen molar-refractivity contribution in [3.05, 3.63) is 175 Å². The molecule has 9 aromatic rings.